The van der Waals surface area contributed by atoms with Crippen LogP contribution < -0.4 is 24.8 Å². The van der Waals surface area contributed by atoms with Gasteiger partial charge in [0.05, 0.1) is 26.9 Å². The lowest BCUT2D eigenvalue weighted by Crippen LogP contribution is -2.30. The summed E-state index contributed by atoms with van der Waals surface area (Å²) in [5, 5.41) is 5.50. The lowest BCUT2D eigenvalue weighted by atomic mass is 9.95. The highest BCUT2D eigenvalue weighted by atomic mass is 16.5. The van der Waals surface area contributed by atoms with Crippen molar-refractivity contribution in [2.75, 3.05) is 32.0 Å². The minimum absolute atomic E-state index is 0.0541. The van der Waals surface area contributed by atoms with Gasteiger partial charge in [-0.2, -0.15) is 4.98 Å². The van der Waals surface area contributed by atoms with Crippen LogP contribution >= 0.6 is 0 Å². The SMILES string of the molecule is COc1cc(Cc2cnc(NC(=O)C(C)(C)C)nc2NC(=O)C(C)(C)C)c(C=O)c(OC)c1OC. The third kappa shape index (κ3) is 6.46. The second-order valence-corrected chi connectivity index (χ2v) is 9.99. The third-order valence-corrected chi connectivity index (χ3v) is 5.14. The quantitative estimate of drug-likeness (QED) is 0.538. The topological polar surface area (TPSA) is 129 Å². The summed E-state index contributed by atoms with van der Waals surface area (Å²) in [5.74, 6) is 0.622. The van der Waals surface area contributed by atoms with Gasteiger partial charge in [-0.1, -0.05) is 41.5 Å². The van der Waals surface area contributed by atoms with Gasteiger partial charge in [-0.25, -0.2) is 4.98 Å². The van der Waals surface area contributed by atoms with Gasteiger partial charge < -0.3 is 19.5 Å². The van der Waals surface area contributed by atoms with Gasteiger partial charge in [0, 0.05) is 29.0 Å². The van der Waals surface area contributed by atoms with E-state index in [-0.39, 0.29) is 41.3 Å². The van der Waals surface area contributed by atoms with Crippen LogP contribution in [0, 0.1) is 10.8 Å². The summed E-state index contributed by atoms with van der Waals surface area (Å²) in [6, 6.07) is 1.66. The number of aromatic nitrogens is 2. The van der Waals surface area contributed by atoms with E-state index in [0.29, 0.717) is 28.9 Å². The normalized spacial score (nSPS) is 11.5. The molecule has 0 aliphatic rings. The highest BCUT2D eigenvalue weighted by Crippen LogP contribution is 2.42. The van der Waals surface area contributed by atoms with E-state index >= 15 is 0 Å². The molecule has 0 saturated carbocycles. The molecule has 190 valence electrons. The van der Waals surface area contributed by atoms with Crippen LogP contribution in [0.1, 0.15) is 63.0 Å². The zero-order chi connectivity index (χ0) is 26.6. The number of ether oxygens (including phenoxy) is 3. The van der Waals surface area contributed by atoms with Crippen molar-refractivity contribution < 1.29 is 28.6 Å². The summed E-state index contributed by atoms with van der Waals surface area (Å²) < 4.78 is 16.2. The number of methoxy groups -OCH3 is 3. The van der Waals surface area contributed by atoms with E-state index in [0.717, 1.165) is 0 Å². The average molecular weight is 487 g/mol. The van der Waals surface area contributed by atoms with Crippen molar-refractivity contribution in [3.05, 3.63) is 29.0 Å². The number of amides is 2. The molecule has 10 heteroatoms. The summed E-state index contributed by atoms with van der Waals surface area (Å²) in [6.45, 7) is 10.6. The van der Waals surface area contributed by atoms with Crippen LogP contribution in [0.5, 0.6) is 17.2 Å². The number of benzene rings is 1. The van der Waals surface area contributed by atoms with Crippen LogP contribution in [0.25, 0.3) is 0 Å². The molecule has 2 rings (SSSR count). The van der Waals surface area contributed by atoms with Gasteiger partial charge in [-0.3, -0.25) is 19.7 Å². The number of rotatable bonds is 8. The molecule has 10 nitrogen and oxygen atoms in total. The maximum absolute atomic E-state index is 12.8. The first-order chi connectivity index (χ1) is 16.3. The predicted molar refractivity (Wildman–Crippen MR) is 132 cm³/mol. The molecule has 0 unspecified atom stereocenters. The molecule has 0 fully saturated rings. The lowest BCUT2D eigenvalue weighted by molar-refractivity contribution is -0.123. The Balaban J connectivity index is 2.61. The Morgan fingerprint density at radius 2 is 1.46 bits per heavy atom. The van der Waals surface area contributed by atoms with Crippen molar-refractivity contribution >= 4 is 29.9 Å². The summed E-state index contributed by atoms with van der Waals surface area (Å²) in [7, 11) is 4.36. The fourth-order valence-electron chi connectivity index (χ4n) is 3.00. The Morgan fingerprint density at radius 1 is 0.886 bits per heavy atom. The van der Waals surface area contributed by atoms with Crippen molar-refractivity contribution in [1.29, 1.82) is 0 Å². The minimum Gasteiger partial charge on any atom is -0.493 e. The van der Waals surface area contributed by atoms with Gasteiger partial charge in [-0.05, 0) is 11.6 Å². The summed E-state index contributed by atoms with van der Waals surface area (Å²) in [6.07, 6.45) is 2.33. The van der Waals surface area contributed by atoms with Crippen LogP contribution in [0.3, 0.4) is 0 Å². The number of carbonyl (C=O) groups excluding carboxylic acids is 3. The van der Waals surface area contributed by atoms with E-state index in [4.69, 9.17) is 14.2 Å². The van der Waals surface area contributed by atoms with Gasteiger partial charge in [-0.15, -0.1) is 0 Å². The summed E-state index contributed by atoms with van der Waals surface area (Å²) >= 11 is 0. The van der Waals surface area contributed by atoms with Crippen molar-refractivity contribution in [3.8, 4) is 17.2 Å². The molecule has 0 atom stereocenters. The van der Waals surface area contributed by atoms with Crippen LogP contribution in [0.2, 0.25) is 0 Å². The Morgan fingerprint density at radius 3 is 1.94 bits per heavy atom. The Hall–Kier alpha value is -3.69. The highest BCUT2D eigenvalue weighted by Gasteiger charge is 2.26. The van der Waals surface area contributed by atoms with Crippen LogP contribution in [-0.2, 0) is 16.0 Å². The first-order valence-corrected chi connectivity index (χ1v) is 11.0. The Bertz CT molecular complexity index is 1120. The molecule has 0 aliphatic heterocycles. The number of carbonyl (C=O) groups is 3. The van der Waals surface area contributed by atoms with E-state index in [1.54, 1.807) is 47.6 Å². The van der Waals surface area contributed by atoms with Crippen molar-refractivity contribution in [2.24, 2.45) is 10.8 Å². The van der Waals surface area contributed by atoms with Crippen LogP contribution in [-0.4, -0.2) is 49.4 Å². The first-order valence-electron chi connectivity index (χ1n) is 11.0. The van der Waals surface area contributed by atoms with Gasteiger partial charge in [0.25, 0.3) is 0 Å². The molecule has 2 N–H and O–H groups in total. The molecule has 0 radical (unpaired) electrons. The Kier molecular flexibility index (Phi) is 8.43. The third-order valence-electron chi connectivity index (χ3n) is 5.14. The maximum Gasteiger partial charge on any atom is 0.232 e. The Labute approximate surface area is 205 Å². The molecular formula is C25H34N4O6. The minimum atomic E-state index is -0.697. The number of nitrogens with one attached hydrogen (secondary N) is 2. The van der Waals surface area contributed by atoms with Crippen LogP contribution in [0.4, 0.5) is 11.8 Å². The van der Waals surface area contributed by atoms with Crippen molar-refractivity contribution in [2.45, 2.75) is 48.0 Å². The molecule has 2 amide bonds. The molecule has 0 aliphatic carbocycles. The molecule has 1 aromatic carbocycles. The highest BCUT2D eigenvalue weighted by molar-refractivity contribution is 5.96. The van der Waals surface area contributed by atoms with Crippen molar-refractivity contribution in [1.82, 2.24) is 9.97 Å². The summed E-state index contributed by atoms with van der Waals surface area (Å²) in [4.78, 5) is 45.9. The van der Waals surface area contributed by atoms with E-state index in [9.17, 15) is 14.4 Å². The molecule has 0 saturated heterocycles. The van der Waals surface area contributed by atoms with E-state index < -0.39 is 10.8 Å². The summed E-state index contributed by atoms with van der Waals surface area (Å²) in [5.41, 5.74) is -0.0170. The van der Waals surface area contributed by atoms with E-state index in [1.807, 2.05) is 0 Å². The molecule has 0 bridgehead atoms. The molecule has 1 heterocycles. The van der Waals surface area contributed by atoms with Crippen LogP contribution in [0.15, 0.2) is 12.3 Å². The fraction of sp³-hybridized carbons (Fsp3) is 0.480. The maximum atomic E-state index is 12.8. The lowest BCUT2D eigenvalue weighted by Gasteiger charge is -2.21. The predicted octanol–water partition coefficient (Wildman–Crippen LogP) is 3.87. The molecular weight excluding hydrogens is 452 g/mol. The standard InChI is InChI=1S/C25H34N4O6/c1-24(2,3)21(31)27-20-15(12-26-23(28-20)29-22(32)25(4,5)6)10-14-11-17(33-7)19(35-9)18(34-8)16(14)13-30/h11-13H,10H2,1-9H3,(H2,26,27,28,29,31,32). The van der Waals surface area contributed by atoms with Gasteiger partial charge in [0.15, 0.2) is 17.8 Å². The monoisotopic (exact) mass is 486 g/mol. The smallest absolute Gasteiger partial charge is 0.232 e. The molecule has 35 heavy (non-hydrogen) atoms. The fourth-order valence-corrected chi connectivity index (χ4v) is 3.00. The van der Waals surface area contributed by atoms with Crippen molar-refractivity contribution in [3.63, 3.8) is 0 Å². The number of aldehydes is 1. The van der Waals surface area contributed by atoms with E-state index in [2.05, 4.69) is 20.6 Å². The zero-order valence-corrected chi connectivity index (χ0v) is 21.8. The van der Waals surface area contributed by atoms with Gasteiger partial charge >= 0.3 is 0 Å². The second-order valence-electron chi connectivity index (χ2n) is 9.99. The van der Waals surface area contributed by atoms with E-state index in [1.165, 1.54) is 27.5 Å². The number of hydrogen-bond donors (Lipinski definition) is 2. The van der Waals surface area contributed by atoms with Gasteiger partial charge in [0.1, 0.15) is 5.82 Å². The van der Waals surface area contributed by atoms with Gasteiger partial charge in [0.2, 0.25) is 23.5 Å². The molecule has 0 spiro atoms. The number of hydrogen-bond acceptors (Lipinski definition) is 8. The number of anilines is 2. The second kappa shape index (κ2) is 10.7. The average Bonchev–Trinajstić information content (AvgIpc) is 2.78. The molecule has 1 aromatic heterocycles. The molecule has 2 aromatic rings. The largest absolute Gasteiger partial charge is 0.493 e. The first kappa shape index (κ1) is 27.6. The number of nitrogens with zero attached hydrogens (tertiary/aromatic N) is 2. The zero-order valence-electron chi connectivity index (χ0n) is 21.8.